The van der Waals surface area contributed by atoms with Crippen molar-refractivity contribution < 1.29 is 63.0 Å². The maximum absolute atomic E-state index is 12.3. The molecule has 0 aromatic rings. The molecule has 0 bridgehead atoms. The van der Waals surface area contributed by atoms with Crippen LogP contribution >= 0.6 is 64.8 Å². The first kappa shape index (κ1) is 74.7. The zero-order chi connectivity index (χ0) is 52.4. The van der Waals surface area contributed by atoms with Gasteiger partial charge in [0.1, 0.15) is 11.6 Å². The Bertz CT molecular complexity index is 1160. The van der Waals surface area contributed by atoms with E-state index in [0.717, 1.165) is 38.5 Å². The lowest BCUT2D eigenvalue weighted by Crippen LogP contribution is -2.27. The van der Waals surface area contributed by atoms with Crippen molar-refractivity contribution in [1.82, 2.24) is 5.32 Å². The van der Waals surface area contributed by atoms with Gasteiger partial charge in [0.05, 0.1) is 58.1 Å². The van der Waals surface area contributed by atoms with Crippen LogP contribution in [0.25, 0.3) is 0 Å². The van der Waals surface area contributed by atoms with E-state index < -0.39 is 29.7 Å². The van der Waals surface area contributed by atoms with Gasteiger partial charge in [0, 0.05) is 51.7 Å². The van der Waals surface area contributed by atoms with Crippen LogP contribution in [0.5, 0.6) is 0 Å². The van der Waals surface area contributed by atoms with Crippen LogP contribution in [0, 0.1) is 11.8 Å². The third-order valence-corrected chi connectivity index (χ3v) is 14.3. The van der Waals surface area contributed by atoms with Gasteiger partial charge in [-0.3, -0.25) is 28.8 Å². The number of ketones is 2. The summed E-state index contributed by atoms with van der Waals surface area (Å²) in [5.74, 6) is -4.26. The third kappa shape index (κ3) is 69.3. The van der Waals surface area contributed by atoms with Crippen LogP contribution in [0.3, 0.4) is 0 Å². The van der Waals surface area contributed by atoms with Crippen LogP contribution in [0.1, 0.15) is 167 Å². The van der Waals surface area contributed by atoms with E-state index >= 15 is 0 Å². The Labute approximate surface area is 442 Å². The van der Waals surface area contributed by atoms with Crippen molar-refractivity contribution in [3.63, 3.8) is 0 Å². The molecule has 0 unspecified atom stereocenters. The Kier molecular flexibility index (Phi) is 68.5. The number of nitrogens with one attached hydrogen (secondary N) is 1. The average molecular weight is 1100 g/mol. The van der Waals surface area contributed by atoms with Gasteiger partial charge in [-0.05, 0) is 76.1 Å². The summed E-state index contributed by atoms with van der Waals surface area (Å²) >= 11 is 0. The van der Waals surface area contributed by atoms with Crippen LogP contribution in [0.2, 0.25) is 0 Å². The molecule has 0 spiro atoms. The lowest BCUT2D eigenvalue weighted by atomic mass is 9.96. The molecule has 0 radical (unpaired) electrons. The summed E-state index contributed by atoms with van der Waals surface area (Å²) in [6.07, 6.45) is 32.8. The quantitative estimate of drug-likeness (QED) is 0.0329. The minimum Gasteiger partial charge on any atom is -0.481 e. The molecule has 0 aliphatic carbocycles. The number of unbranched alkanes of at least 4 members (excludes halogenated alkanes) is 14. The molecule has 14 nitrogen and oxygen atoms in total. The lowest BCUT2D eigenvalue weighted by molar-refractivity contribution is -0.144. The van der Waals surface area contributed by atoms with Crippen LogP contribution in [0.4, 0.5) is 0 Å². The number of carbonyl (C=O) groups excluding carboxylic acids is 3. The van der Waals surface area contributed by atoms with Crippen molar-refractivity contribution in [2.75, 3.05) is 96.9 Å². The highest BCUT2D eigenvalue weighted by Crippen LogP contribution is 2.16. The first-order valence-electron chi connectivity index (χ1n) is 24.8. The standard InChI is InChI=1S/C43H77NO13.3C2H6S2/c1-36(42(50)51)19-16-17-26-44-40(47)24-23-37(43(52)53)35-39(46)25-28-55-30-32-57-34-33-56-31-29-54-27-18-21-38(45)20-14-12-10-8-6-4-2-3-5-7-9-11-13-15-22-41(48)49;3*1-3-4-2/h36-37H,2-35H2,1H3,(H,44,47)(H,48,49)(H,50,51)(H,52,53);3*1-2H3/t36-,37+;;;/m0.../s1. The zero-order valence-corrected chi connectivity index (χ0v) is 48.5. The molecule has 69 heavy (non-hydrogen) atoms. The van der Waals surface area contributed by atoms with E-state index in [9.17, 15) is 33.9 Å². The monoisotopic (exact) mass is 1100 g/mol. The average Bonchev–Trinajstić information content (AvgIpc) is 3.33. The number of Topliss-reactive ketones (excluding diaryl/α,β-unsaturated/α-hetero) is 2. The van der Waals surface area contributed by atoms with E-state index in [1.807, 2.05) is 0 Å². The summed E-state index contributed by atoms with van der Waals surface area (Å²) in [6.45, 7) is 5.01. The molecular formula is C49H95NO13S6. The fourth-order valence-electron chi connectivity index (χ4n) is 6.17. The zero-order valence-electron chi connectivity index (χ0n) is 43.6. The Morgan fingerprint density at radius 3 is 1.20 bits per heavy atom. The van der Waals surface area contributed by atoms with Crippen molar-refractivity contribution >= 4 is 100 Å². The van der Waals surface area contributed by atoms with E-state index in [4.69, 9.17) is 29.2 Å². The highest BCUT2D eigenvalue weighted by Gasteiger charge is 2.22. The number of hydrogen-bond acceptors (Lipinski definition) is 16. The largest absolute Gasteiger partial charge is 0.481 e. The topological polar surface area (TPSA) is 212 Å². The van der Waals surface area contributed by atoms with Crippen molar-refractivity contribution in [1.29, 1.82) is 0 Å². The van der Waals surface area contributed by atoms with Crippen molar-refractivity contribution in [2.45, 2.75) is 167 Å². The molecule has 0 fully saturated rings. The van der Waals surface area contributed by atoms with Gasteiger partial charge in [0.2, 0.25) is 5.91 Å². The normalized spacial score (nSPS) is 11.5. The Morgan fingerprint density at radius 2 is 0.797 bits per heavy atom. The van der Waals surface area contributed by atoms with E-state index in [2.05, 4.69) is 42.9 Å². The van der Waals surface area contributed by atoms with E-state index in [1.165, 1.54) is 57.8 Å². The van der Waals surface area contributed by atoms with Gasteiger partial charge in [-0.2, -0.15) is 0 Å². The SMILES string of the molecule is CSSC.CSSC.CSSC.C[C@@H](CCCCNC(=O)CC[C@H](CC(=O)CCOCCOCCOCCOCCCC(=O)CCCCCCCCCCCCCCCCC(=O)O)C(=O)O)C(=O)O. The second-order valence-electron chi connectivity index (χ2n) is 16.1. The molecule has 2 atom stereocenters. The summed E-state index contributed by atoms with van der Waals surface area (Å²) in [5, 5.41) is 29.7. The minimum absolute atomic E-state index is 0.00419. The molecular weight excluding hydrogens is 1000 g/mol. The van der Waals surface area contributed by atoms with Crippen LogP contribution < -0.4 is 5.32 Å². The number of amides is 1. The second kappa shape index (κ2) is 63.3. The Hall–Kier alpha value is -0.840. The summed E-state index contributed by atoms with van der Waals surface area (Å²) in [5.41, 5.74) is 0. The summed E-state index contributed by atoms with van der Waals surface area (Å²) in [4.78, 5) is 69.4. The van der Waals surface area contributed by atoms with Crippen LogP contribution in [-0.2, 0) is 47.7 Å². The molecule has 4 N–H and O–H groups in total. The van der Waals surface area contributed by atoms with Gasteiger partial charge in [-0.15, -0.1) is 0 Å². The molecule has 0 saturated carbocycles. The number of rotatable bonds is 48. The molecule has 0 aliphatic rings. The summed E-state index contributed by atoms with van der Waals surface area (Å²) < 4.78 is 21.9. The van der Waals surface area contributed by atoms with E-state index in [0.29, 0.717) is 90.5 Å². The fraction of sp³-hybridized carbons (Fsp3) is 0.878. The number of hydrogen-bond donors (Lipinski definition) is 4. The van der Waals surface area contributed by atoms with Gasteiger partial charge in [0.25, 0.3) is 0 Å². The molecule has 0 saturated heterocycles. The lowest BCUT2D eigenvalue weighted by Gasteiger charge is -2.12. The molecule has 0 aliphatic heterocycles. The van der Waals surface area contributed by atoms with Crippen LogP contribution in [0.15, 0.2) is 0 Å². The minimum atomic E-state index is -1.12. The van der Waals surface area contributed by atoms with Gasteiger partial charge < -0.3 is 39.6 Å². The fourth-order valence-corrected chi connectivity index (χ4v) is 6.17. The van der Waals surface area contributed by atoms with Crippen molar-refractivity contribution in [3.8, 4) is 0 Å². The van der Waals surface area contributed by atoms with Gasteiger partial charge in [-0.1, -0.05) is 155 Å². The first-order chi connectivity index (χ1) is 33.3. The molecule has 0 heterocycles. The summed E-state index contributed by atoms with van der Waals surface area (Å²) in [7, 11) is 10.6. The Balaban J connectivity index is -0.00000156. The highest BCUT2D eigenvalue weighted by molar-refractivity contribution is 8.76. The molecule has 20 heteroatoms. The number of carboxylic acids is 3. The van der Waals surface area contributed by atoms with Gasteiger partial charge in [0.15, 0.2) is 0 Å². The van der Waals surface area contributed by atoms with Crippen LogP contribution in [-0.4, -0.2) is 148 Å². The van der Waals surface area contributed by atoms with Gasteiger partial charge in [-0.25, -0.2) is 0 Å². The maximum Gasteiger partial charge on any atom is 0.306 e. The van der Waals surface area contributed by atoms with E-state index in [-0.39, 0.29) is 50.6 Å². The molecule has 410 valence electrons. The highest BCUT2D eigenvalue weighted by atomic mass is 33.1. The molecule has 0 aromatic heterocycles. The molecule has 0 aromatic carbocycles. The predicted molar refractivity (Wildman–Crippen MR) is 298 cm³/mol. The maximum atomic E-state index is 12.3. The summed E-state index contributed by atoms with van der Waals surface area (Å²) in [6, 6.07) is 0. The van der Waals surface area contributed by atoms with Crippen molar-refractivity contribution in [3.05, 3.63) is 0 Å². The molecule has 1 amide bonds. The van der Waals surface area contributed by atoms with Gasteiger partial charge >= 0.3 is 17.9 Å². The second-order valence-corrected chi connectivity index (χ2v) is 24.1. The number of aliphatic carboxylic acids is 3. The number of ether oxygens (including phenoxy) is 4. The first-order valence-corrected chi connectivity index (χ1v) is 33.7. The number of carbonyl (C=O) groups is 6. The van der Waals surface area contributed by atoms with Crippen molar-refractivity contribution in [2.24, 2.45) is 11.8 Å². The number of carboxylic acid groups (broad SMARTS) is 3. The third-order valence-electron chi connectivity index (χ3n) is 10.3. The predicted octanol–water partition coefficient (Wildman–Crippen LogP) is 12.4. The van der Waals surface area contributed by atoms with E-state index in [1.54, 1.807) is 71.7 Å². The Morgan fingerprint density at radius 1 is 0.406 bits per heavy atom. The molecule has 0 rings (SSSR count). The smallest absolute Gasteiger partial charge is 0.306 e.